The molecule has 94 valence electrons. The Morgan fingerprint density at radius 2 is 1.94 bits per heavy atom. The highest BCUT2D eigenvalue weighted by molar-refractivity contribution is 7.99. The van der Waals surface area contributed by atoms with Crippen LogP contribution in [0.3, 0.4) is 0 Å². The topological polar surface area (TPSA) is 43.1 Å². The molecule has 0 heterocycles. The van der Waals surface area contributed by atoms with Crippen molar-refractivity contribution in [1.29, 1.82) is 0 Å². The first kappa shape index (κ1) is 14.4. The summed E-state index contributed by atoms with van der Waals surface area (Å²) in [7, 11) is 0. The van der Waals surface area contributed by atoms with Gasteiger partial charge in [0, 0.05) is 22.8 Å². The van der Waals surface area contributed by atoms with E-state index in [0.29, 0.717) is 11.8 Å². The van der Waals surface area contributed by atoms with Crippen LogP contribution >= 0.6 is 24.4 Å². The summed E-state index contributed by atoms with van der Waals surface area (Å²) in [4.78, 5) is 11.2. The Labute approximate surface area is 112 Å². The van der Waals surface area contributed by atoms with Crippen molar-refractivity contribution < 1.29 is 4.92 Å². The van der Waals surface area contributed by atoms with Gasteiger partial charge >= 0.3 is 0 Å². The van der Waals surface area contributed by atoms with Gasteiger partial charge < -0.3 is 0 Å². The maximum Gasteiger partial charge on any atom is 0.269 e. The molecule has 5 heteroatoms. The number of nitro groups is 1. The van der Waals surface area contributed by atoms with Crippen LogP contribution in [0.25, 0.3) is 0 Å². The molecule has 0 amide bonds. The molecule has 0 spiro atoms. The summed E-state index contributed by atoms with van der Waals surface area (Å²) >= 11 is 6.07. The number of nitro benzene ring substituents is 1. The Kier molecular flexibility index (Phi) is 5.85. The second kappa shape index (κ2) is 6.91. The van der Waals surface area contributed by atoms with E-state index < -0.39 is 0 Å². The minimum Gasteiger partial charge on any atom is -0.258 e. The normalized spacial score (nSPS) is 12.7. The van der Waals surface area contributed by atoms with E-state index in [-0.39, 0.29) is 10.6 Å². The summed E-state index contributed by atoms with van der Waals surface area (Å²) in [5.41, 5.74) is 0.143. The number of rotatable bonds is 6. The summed E-state index contributed by atoms with van der Waals surface area (Å²) < 4.78 is 0. The number of thiol groups is 1. The van der Waals surface area contributed by atoms with E-state index in [2.05, 4.69) is 26.5 Å². The average molecular weight is 271 g/mol. The van der Waals surface area contributed by atoms with Gasteiger partial charge in [-0.3, -0.25) is 10.1 Å². The Balaban J connectivity index is 2.55. The van der Waals surface area contributed by atoms with Crippen molar-refractivity contribution in [3.63, 3.8) is 0 Å². The molecule has 1 aromatic rings. The highest BCUT2D eigenvalue weighted by atomic mass is 32.2. The van der Waals surface area contributed by atoms with Gasteiger partial charge in [0.25, 0.3) is 5.69 Å². The predicted octanol–water partition coefficient (Wildman–Crippen LogP) is 3.89. The number of hydrogen-bond donors (Lipinski definition) is 1. The molecule has 0 radical (unpaired) electrons. The SMILES string of the molecule is CC(C)C(CS)CSc1ccc([N+](=O)[O-])cc1. The van der Waals surface area contributed by atoms with Gasteiger partial charge in [0.2, 0.25) is 0 Å². The standard InChI is InChI=1S/C12H17NO2S2/c1-9(2)10(7-16)8-17-12-5-3-11(4-6-12)13(14)15/h3-6,9-10,16H,7-8H2,1-2H3. The third kappa shape index (κ3) is 4.60. The van der Waals surface area contributed by atoms with Crippen LogP contribution in [0.5, 0.6) is 0 Å². The molecule has 0 bridgehead atoms. The fourth-order valence-corrected chi connectivity index (χ4v) is 3.29. The Bertz CT molecular complexity index is 365. The van der Waals surface area contributed by atoms with E-state index >= 15 is 0 Å². The monoisotopic (exact) mass is 271 g/mol. The Morgan fingerprint density at radius 1 is 1.35 bits per heavy atom. The lowest BCUT2D eigenvalue weighted by atomic mass is 10.0. The van der Waals surface area contributed by atoms with Gasteiger partial charge in [-0.2, -0.15) is 12.6 Å². The first-order valence-corrected chi connectivity index (χ1v) is 7.14. The van der Waals surface area contributed by atoms with Crippen LogP contribution in [-0.2, 0) is 0 Å². The van der Waals surface area contributed by atoms with Crippen LogP contribution in [0.4, 0.5) is 5.69 Å². The first-order valence-electron chi connectivity index (χ1n) is 5.52. The minimum absolute atomic E-state index is 0.143. The zero-order valence-electron chi connectivity index (χ0n) is 10.00. The second-order valence-electron chi connectivity index (χ2n) is 4.25. The smallest absolute Gasteiger partial charge is 0.258 e. The number of thioether (sulfide) groups is 1. The molecule has 0 aromatic heterocycles. The van der Waals surface area contributed by atoms with Crippen LogP contribution < -0.4 is 0 Å². The molecule has 0 fully saturated rings. The average Bonchev–Trinajstić information content (AvgIpc) is 2.30. The van der Waals surface area contributed by atoms with Gasteiger partial charge in [0.15, 0.2) is 0 Å². The number of non-ortho nitro benzene ring substituents is 1. The second-order valence-corrected chi connectivity index (χ2v) is 5.71. The van der Waals surface area contributed by atoms with Gasteiger partial charge in [-0.25, -0.2) is 0 Å². The van der Waals surface area contributed by atoms with Gasteiger partial charge in [0.05, 0.1) is 4.92 Å². The van der Waals surface area contributed by atoms with Gasteiger partial charge in [-0.1, -0.05) is 13.8 Å². The number of hydrogen-bond acceptors (Lipinski definition) is 4. The fraction of sp³-hybridized carbons (Fsp3) is 0.500. The third-order valence-corrected chi connectivity index (χ3v) is 4.36. The molecule has 0 aliphatic rings. The zero-order valence-corrected chi connectivity index (χ0v) is 11.7. The van der Waals surface area contributed by atoms with Crippen molar-refractivity contribution >= 4 is 30.1 Å². The lowest BCUT2D eigenvalue weighted by Gasteiger charge is -2.17. The minimum atomic E-state index is -0.376. The fourth-order valence-electron chi connectivity index (χ4n) is 1.32. The maximum atomic E-state index is 10.5. The molecule has 3 nitrogen and oxygen atoms in total. The number of benzene rings is 1. The van der Waals surface area contributed by atoms with Crippen molar-refractivity contribution in [3.8, 4) is 0 Å². The molecular weight excluding hydrogens is 254 g/mol. The summed E-state index contributed by atoms with van der Waals surface area (Å²) in [6, 6.07) is 6.71. The summed E-state index contributed by atoms with van der Waals surface area (Å²) in [5, 5.41) is 10.5. The molecule has 17 heavy (non-hydrogen) atoms. The molecule has 0 N–H and O–H groups in total. The molecule has 0 saturated carbocycles. The predicted molar refractivity (Wildman–Crippen MR) is 76.0 cm³/mol. The van der Waals surface area contributed by atoms with Crippen molar-refractivity contribution in [2.24, 2.45) is 11.8 Å². The molecule has 1 rings (SSSR count). The van der Waals surface area contributed by atoms with Crippen LogP contribution in [0.1, 0.15) is 13.8 Å². The molecule has 1 aromatic carbocycles. The Morgan fingerprint density at radius 3 is 2.35 bits per heavy atom. The summed E-state index contributed by atoms with van der Waals surface area (Å²) in [5.74, 6) is 3.05. The zero-order chi connectivity index (χ0) is 12.8. The van der Waals surface area contributed by atoms with E-state index in [0.717, 1.165) is 16.4 Å². The highest BCUT2D eigenvalue weighted by Crippen LogP contribution is 2.26. The molecule has 1 atom stereocenters. The van der Waals surface area contributed by atoms with Gasteiger partial charge in [-0.15, -0.1) is 11.8 Å². The van der Waals surface area contributed by atoms with Crippen LogP contribution in [-0.4, -0.2) is 16.4 Å². The lowest BCUT2D eigenvalue weighted by Crippen LogP contribution is -2.13. The maximum absolute atomic E-state index is 10.5. The lowest BCUT2D eigenvalue weighted by molar-refractivity contribution is -0.384. The van der Waals surface area contributed by atoms with Crippen molar-refractivity contribution in [2.75, 3.05) is 11.5 Å². The van der Waals surface area contributed by atoms with E-state index in [1.165, 1.54) is 0 Å². The quantitative estimate of drug-likeness (QED) is 0.369. The summed E-state index contributed by atoms with van der Waals surface area (Å²) in [6.45, 7) is 4.38. The molecule has 0 saturated heterocycles. The molecular formula is C12H17NO2S2. The van der Waals surface area contributed by atoms with Crippen LogP contribution in [0, 0.1) is 22.0 Å². The van der Waals surface area contributed by atoms with Crippen molar-refractivity contribution in [3.05, 3.63) is 34.4 Å². The van der Waals surface area contributed by atoms with Crippen LogP contribution in [0.15, 0.2) is 29.2 Å². The molecule has 0 aliphatic heterocycles. The number of nitrogens with zero attached hydrogens (tertiary/aromatic N) is 1. The molecule has 0 aliphatic carbocycles. The van der Waals surface area contributed by atoms with E-state index in [1.54, 1.807) is 36.0 Å². The first-order chi connectivity index (χ1) is 8.04. The molecule has 1 unspecified atom stereocenters. The van der Waals surface area contributed by atoms with Crippen molar-refractivity contribution in [2.45, 2.75) is 18.7 Å². The third-order valence-electron chi connectivity index (χ3n) is 2.69. The Hall–Kier alpha value is -0.680. The van der Waals surface area contributed by atoms with Gasteiger partial charge in [-0.05, 0) is 29.7 Å². The van der Waals surface area contributed by atoms with Crippen molar-refractivity contribution in [1.82, 2.24) is 0 Å². The van der Waals surface area contributed by atoms with E-state index in [1.807, 2.05) is 0 Å². The van der Waals surface area contributed by atoms with E-state index in [4.69, 9.17) is 0 Å². The largest absolute Gasteiger partial charge is 0.269 e. The van der Waals surface area contributed by atoms with Crippen LogP contribution in [0.2, 0.25) is 0 Å². The van der Waals surface area contributed by atoms with Gasteiger partial charge in [0.1, 0.15) is 0 Å². The highest BCUT2D eigenvalue weighted by Gasteiger charge is 2.12. The van der Waals surface area contributed by atoms with E-state index in [9.17, 15) is 10.1 Å². The summed E-state index contributed by atoms with van der Waals surface area (Å²) in [6.07, 6.45) is 0.